The van der Waals surface area contributed by atoms with Crippen molar-refractivity contribution < 1.29 is 14.3 Å². The highest BCUT2D eigenvalue weighted by Crippen LogP contribution is 2.25. The Hall–Kier alpha value is -3.97. The number of ether oxygens (including phenoxy) is 1. The largest absolute Gasteiger partial charge is 0.483 e. The van der Waals surface area contributed by atoms with Gasteiger partial charge in [-0.2, -0.15) is 5.10 Å². The van der Waals surface area contributed by atoms with E-state index >= 15 is 0 Å². The molecule has 0 spiro atoms. The molecule has 1 N–H and O–H groups in total. The van der Waals surface area contributed by atoms with E-state index in [0.717, 1.165) is 5.69 Å². The highest BCUT2D eigenvalue weighted by Gasteiger charge is 2.16. The van der Waals surface area contributed by atoms with Gasteiger partial charge in [-0.05, 0) is 42.5 Å². The Bertz CT molecular complexity index is 1190. The first-order valence-corrected chi connectivity index (χ1v) is 9.75. The molecule has 1 heterocycles. The highest BCUT2D eigenvalue weighted by atomic mass is 35.5. The first-order chi connectivity index (χ1) is 15.1. The second kappa shape index (κ2) is 9.23. The summed E-state index contributed by atoms with van der Waals surface area (Å²) in [6.45, 7) is -0.262. The SMILES string of the molecule is O=C(COc1ccc(Cl)cc1C(=O)c1ccccc1)Nc1ccc(-n2cncn2)cc1. The average Bonchev–Trinajstić information content (AvgIpc) is 3.34. The van der Waals surface area contributed by atoms with E-state index in [0.29, 0.717) is 21.8 Å². The molecular weight excluding hydrogens is 416 g/mol. The van der Waals surface area contributed by atoms with Crippen LogP contribution in [-0.2, 0) is 4.79 Å². The molecular formula is C23H17ClN4O3. The third-order valence-electron chi connectivity index (χ3n) is 4.42. The fourth-order valence-corrected chi connectivity index (χ4v) is 3.10. The fourth-order valence-electron chi connectivity index (χ4n) is 2.93. The van der Waals surface area contributed by atoms with Gasteiger partial charge in [0, 0.05) is 16.3 Å². The first-order valence-electron chi connectivity index (χ1n) is 9.37. The van der Waals surface area contributed by atoms with Crippen LogP contribution in [0.4, 0.5) is 5.69 Å². The predicted octanol–water partition coefficient (Wildman–Crippen LogP) is 4.17. The maximum Gasteiger partial charge on any atom is 0.262 e. The maximum atomic E-state index is 12.8. The molecule has 0 aliphatic carbocycles. The van der Waals surface area contributed by atoms with Crippen molar-refractivity contribution in [2.75, 3.05) is 11.9 Å². The molecule has 0 atom stereocenters. The van der Waals surface area contributed by atoms with Crippen molar-refractivity contribution in [2.24, 2.45) is 0 Å². The van der Waals surface area contributed by atoms with Crippen molar-refractivity contribution in [3.63, 3.8) is 0 Å². The lowest BCUT2D eigenvalue weighted by Gasteiger charge is -2.12. The van der Waals surface area contributed by atoms with Crippen molar-refractivity contribution in [3.8, 4) is 11.4 Å². The van der Waals surface area contributed by atoms with Crippen LogP contribution in [0.1, 0.15) is 15.9 Å². The monoisotopic (exact) mass is 432 g/mol. The Kier molecular flexibility index (Phi) is 6.05. The second-order valence-electron chi connectivity index (χ2n) is 6.56. The smallest absolute Gasteiger partial charge is 0.262 e. The van der Waals surface area contributed by atoms with Gasteiger partial charge in [0.1, 0.15) is 18.4 Å². The van der Waals surface area contributed by atoms with Crippen molar-refractivity contribution in [2.45, 2.75) is 0 Å². The molecule has 0 aliphatic heterocycles. The van der Waals surface area contributed by atoms with Crippen LogP contribution in [-0.4, -0.2) is 33.1 Å². The lowest BCUT2D eigenvalue weighted by molar-refractivity contribution is -0.118. The number of hydrogen-bond acceptors (Lipinski definition) is 5. The van der Waals surface area contributed by atoms with E-state index in [1.165, 1.54) is 12.4 Å². The molecule has 4 rings (SSSR count). The summed E-state index contributed by atoms with van der Waals surface area (Å²) in [6.07, 6.45) is 3.03. The number of hydrogen-bond donors (Lipinski definition) is 1. The summed E-state index contributed by atoms with van der Waals surface area (Å²) in [5.41, 5.74) is 2.22. The van der Waals surface area contributed by atoms with Gasteiger partial charge in [0.05, 0.1) is 11.3 Å². The number of halogens is 1. The van der Waals surface area contributed by atoms with E-state index in [2.05, 4.69) is 15.4 Å². The van der Waals surface area contributed by atoms with E-state index in [1.807, 2.05) is 6.07 Å². The quantitative estimate of drug-likeness (QED) is 0.443. The highest BCUT2D eigenvalue weighted by molar-refractivity contribution is 6.31. The predicted molar refractivity (Wildman–Crippen MR) is 117 cm³/mol. The zero-order valence-corrected chi connectivity index (χ0v) is 17.0. The van der Waals surface area contributed by atoms with E-state index in [4.69, 9.17) is 16.3 Å². The Morgan fingerprint density at radius 1 is 1.00 bits per heavy atom. The summed E-state index contributed by atoms with van der Waals surface area (Å²) < 4.78 is 7.25. The van der Waals surface area contributed by atoms with Crippen LogP contribution < -0.4 is 10.1 Å². The maximum absolute atomic E-state index is 12.8. The third-order valence-corrected chi connectivity index (χ3v) is 4.65. The zero-order valence-electron chi connectivity index (χ0n) is 16.2. The molecule has 0 aliphatic rings. The van der Waals surface area contributed by atoms with Crippen LogP contribution in [0.2, 0.25) is 5.02 Å². The summed E-state index contributed by atoms with van der Waals surface area (Å²) in [4.78, 5) is 29.1. The van der Waals surface area contributed by atoms with Gasteiger partial charge in [0.15, 0.2) is 12.4 Å². The van der Waals surface area contributed by atoms with Crippen LogP contribution in [0.25, 0.3) is 5.69 Å². The molecule has 0 unspecified atom stereocenters. The standard InChI is InChI=1S/C23H17ClN4O3/c24-17-6-11-21(20(12-17)23(30)16-4-2-1-3-5-16)31-13-22(29)27-18-7-9-19(10-8-18)28-15-25-14-26-28/h1-12,14-15H,13H2,(H,27,29). The van der Waals surface area contributed by atoms with Crippen LogP contribution in [0.15, 0.2) is 85.5 Å². The molecule has 0 radical (unpaired) electrons. The Labute approximate surface area is 183 Å². The summed E-state index contributed by atoms with van der Waals surface area (Å²) in [7, 11) is 0. The Balaban J connectivity index is 1.42. The molecule has 1 amide bonds. The Morgan fingerprint density at radius 3 is 2.48 bits per heavy atom. The van der Waals surface area contributed by atoms with Crippen LogP contribution in [0.5, 0.6) is 5.75 Å². The summed E-state index contributed by atoms with van der Waals surface area (Å²) in [5, 5.41) is 7.21. The molecule has 8 heteroatoms. The van der Waals surface area contributed by atoms with Crippen molar-refractivity contribution in [1.29, 1.82) is 0 Å². The number of benzene rings is 3. The number of nitrogens with zero attached hydrogens (tertiary/aromatic N) is 3. The zero-order chi connectivity index (χ0) is 21.6. The molecule has 0 saturated carbocycles. The molecule has 1 aromatic heterocycles. The molecule has 0 fully saturated rings. The van der Waals surface area contributed by atoms with E-state index in [-0.39, 0.29) is 24.0 Å². The van der Waals surface area contributed by atoms with E-state index in [9.17, 15) is 9.59 Å². The molecule has 0 saturated heterocycles. The van der Waals surface area contributed by atoms with Gasteiger partial charge in [0.25, 0.3) is 5.91 Å². The first kappa shape index (κ1) is 20.3. The van der Waals surface area contributed by atoms with Gasteiger partial charge in [-0.15, -0.1) is 0 Å². The minimum absolute atomic E-state index is 0.234. The molecule has 31 heavy (non-hydrogen) atoms. The number of ketones is 1. The normalized spacial score (nSPS) is 10.5. The second-order valence-corrected chi connectivity index (χ2v) is 7.00. The molecule has 0 bridgehead atoms. The lowest BCUT2D eigenvalue weighted by atomic mass is 10.0. The number of rotatable bonds is 7. The molecule has 3 aromatic carbocycles. The lowest BCUT2D eigenvalue weighted by Crippen LogP contribution is -2.21. The van der Waals surface area contributed by atoms with Crippen LogP contribution in [0, 0.1) is 0 Å². The summed E-state index contributed by atoms with van der Waals surface area (Å²) in [5.74, 6) is -0.307. The van der Waals surface area contributed by atoms with Crippen molar-refractivity contribution >= 4 is 29.0 Å². The van der Waals surface area contributed by atoms with Crippen molar-refractivity contribution in [3.05, 3.63) is 102 Å². The Morgan fingerprint density at radius 2 is 1.77 bits per heavy atom. The number of aromatic nitrogens is 3. The van der Waals surface area contributed by atoms with Gasteiger partial charge in [-0.25, -0.2) is 9.67 Å². The van der Waals surface area contributed by atoms with E-state index in [1.54, 1.807) is 71.7 Å². The third kappa shape index (κ3) is 4.96. The van der Waals surface area contributed by atoms with Gasteiger partial charge in [-0.1, -0.05) is 41.9 Å². The minimum Gasteiger partial charge on any atom is -0.483 e. The van der Waals surface area contributed by atoms with Crippen LogP contribution >= 0.6 is 11.6 Å². The summed E-state index contributed by atoms with van der Waals surface area (Å²) in [6, 6.07) is 20.6. The molecule has 4 aromatic rings. The van der Waals surface area contributed by atoms with Crippen molar-refractivity contribution in [1.82, 2.24) is 14.8 Å². The summed E-state index contributed by atoms with van der Waals surface area (Å²) >= 11 is 6.07. The topological polar surface area (TPSA) is 86.1 Å². The van der Waals surface area contributed by atoms with Gasteiger partial charge >= 0.3 is 0 Å². The average molecular weight is 433 g/mol. The number of nitrogens with one attached hydrogen (secondary N) is 1. The van der Waals surface area contributed by atoms with E-state index < -0.39 is 0 Å². The number of carbonyl (C=O) groups is 2. The van der Waals surface area contributed by atoms with Gasteiger partial charge in [-0.3, -0.25) is 9.59 Å². The number of amides is 1. The fraction of sp³-hybridized carbons (Fsp3) is 0.0435. The molecule has 7 nitrogen and oxygen atoms in total. The number of carbonyl (C=O) groups excluding carboxylic acids is 2. The minimum atomic E-state index is -0.360. The van der Waals surface area contributed by atoms with Crippen LogP contribution in [0.3, 0.4) is 0 Å². The van der Waals surface area contributed by atoms with Gasteiger partial charge < -0.3 is 10.1 Å². The number of anilines is 1. The van der Waals surface area contributed by atoms with Gasteiger partial charge in [0.2, 0.25) is 0 Å². The molecule has 154 valence electrons.